The zero-order chi connectivity index (χ0) is 26.3. The summed E-state index contributed by atoms with van der Waals surface area (Å²) in [5.74, 6) is 0.0687. The summed E-state index contributed by atoms with van der Waals surface area (Å²) in [6.45, 7) is 0.166. The fourth-order valence-corrected chi connectivity index (χ4v) is 4.86. The zero-order valence-corrected chi connectivity index (χ0v) is 20.0. The Bertz CT molecular complexity index is 1740. The Balaban J connectivity index is 1.67. The molecule has 37 heavy (non-hydrogen) atoms. The average Bonchev–Trinajstić information content (AvgIpc) is 2.89. The molecule has 1 N–H and O–H groups in total. The number of halogens is 3. The van der Waals surface area contributed by atoms with Crippen LogP contribution in [-0.4, -0.2) is 16.8 Å². The van der Waals surface area contributed by atoms with Crippen molar-refractivity contribution in [2.24, 2.45) is 0 Å². The molecule has 2 aromatic heterocycles. The van der Waals surface area contributed by atoms with Crippen molar-refractivity contribution in [3.05, 3.63) is 105 Å². The lowest BCUT2D eigenvalue weighted by molar-refractivity contribution is -0.137. The highest BCUT2D eigenvalue weighted by atomic mass is 32.2. The topological polar surface area (TPSA) is 81.7 Å². The van der Waals surface area contributed by atoms with Crippen LogP contribution in [0.2, 0.25) is 0 Å². The van der Waals surface area contributed by atoms with Crippen LogP contribution in [0, 0.1) is 0 Å². The molecule has 0 radical (unpaired) electrons. The fourth-order valence-electron chi connectivity index (χ4n) is 4.03. The van der Waals surface area contributed by atoms with Gasteiger partial charge in [0.2, 0.25) is 0 Å². The van der Waals surface area contributed by atoms with Crippen molar-refractivity contribution in [3.8, 4) is 11.5 Å². The van der Waals surface area contributed by atoms with Crippen molar-refractivity contribution in [1.82, 2.24) is 4.57 Å². The summed E-state index contributed by atoms with van der Waals surface area (Å²) in [4.78, 5) is 26.4. The lowest BCUT2D eigenvalue weighted by atomic mass is 10.1. The highest BCUT2D eigenvalue weighted by Crippen LogP contribution is 2.38. The largest absolute Gasteiger partial charge is 0.505 e. The number of nitrogens with zero attached hydrogens (tertiary/aromatic N) is 1. The van der Waals surface area contributed by atoms with Crippen LogP contribution in [0.3, 0.4) is 0 Å². The first-order valence-electron chi connectivity index (χ1n) is 11.0. The molecule has 0 unspecified atom stereocenters. The molecule has 188 valence electrons. The van der Waals surface area contributed by atoms with Crippen LogP contribution in [-0.2, 0) is 12.7 Å². The molecular weight excluding hydrogens is 507 g/mol. The number of methoxy groups -OCH3 is 1. The number of hydrogen-bond acceptors (Lipinski definition) is 6. The number of rotatable bonds is 5. The molecule has 5 aromatic rings. The Labute approximate surface area is 211 Å². The van der Waals surface area contributed by atoms with E-state index in [1.165, 1.54) is 16.7 Å². The first-order chi connectivity index (χ1) is 17.7. The number of hydrogen-bond donors (Lipinski definition) is 1. The Morgan fingerprint density at radius 2 is 1.65 bits per heavy atom. The zero-order valence-electron chi connectivity index (χ0n) is 19.2. The summed E-state index contributed by atoms with van der Waals surface area (Å²) in [7, 11) is 1.55. The van der Waals surface area contributed by atoms with Gasteiger partial charge in [0.05, 0.1) is 24.7 Å². The van der Waals surface area contributed by atoms with Crippen LogP contribution in [0.15, 0.2) is 96.6 Å². The van der Waals surface area contributed by atoms with Crippen molar-refractivity contribution < 1.29 is 27.4 Å². The van der Waals surface area contributed by atoms with Crippen molar-refractivity contribution in [3.63, 3.8) is 0 Å². The maximum atomic E-state index is 13.6. The monoisotopic (exact) mass is 525 g/mol. The van der Waals surface area contributed by atoms with Crippen LogP contribution < -0.4 is 15.9 Å². The van der Waals surface area contributed by atoms with E-state index in [4.69, 9.17) is 9.15 Å². The molecule has 2 heterocycles. The Kier molecular flexibility index (Phi) is 6.20. The molecular formula is C27H18F3NO5S. The van der Waals surface area contributed by atoms with Crippen LogP contribution in [0.5, 0.6) is 11.5 Å². The maximum absolute atomic E-state index is 13.6. The number of benzene rings is 3. The molecule has 3 aromatic carbocycles. The standard InChI is InChI=1S/C27H18F3NO5S/c1-35-17-10-6-15(7-11-17)14-31-20-5-3-2-4-19(20)23-21(25(31)33)22(32)24(26(34)36-23)37-18-12-8-16(9-13-18)27(28,29)30/h2-13,32H,14H2,1H3. The summed E-state index contributed by atoms with van der Waals surface area (Å²) in [5.41, 5.74) is -1.11. The minimum atomic E-state index is -4.51. The van der Waals surface area contributed by atoms with E-state index in [1.54, 1.807) is 55.6 Å². The van der Waals surface area contributed by atoms with Crippen LogP contribution in [0.25, 0.3) is 21.9 Å². The first-order valence-corrected chi connectivity index (χ1v) is 11.8. The quantitative estimate of drug-likeness (QED) is 0.282. The minimum absolute atomic E-state index is 0.0640. The van der Waals surface area contributed by atoms with E-state index in [9.17, 15) is 27.9 Å². The SMILES string of the molecule is COc1ccc(Cn2c(=O)c3c(O)c(Sc4ccc(C(F)(F)F)cc4)c(=O)oc3c3ccccc32)cc1. The van der Waals surface area contributed by atoms with E-state index < -0.39 is 28.7 Å². The number of fused-ring (bicyclic) bond motifs is 3. The van der Waals surface area contributed by atoms with Gasteiger partial charge >= 0.3 is 11.8 Å². The molecule has 0 saturated carbocycles. The van der Waals surface area contributed by atoms with E-state index >= 15 is 0 Å². The molecule has 5 rings (SSSR count). The van der Waals surface area contributed by atoms with Crippen LogP contribution in [0.4, 0.5) is 13.2 Å². The van der Waals surface area contributed by atoms with E-state index in [0.29, 0.717) is 16.7 Å². The van der Waals surface area contributed by atoms with Crippen LogP contribution in [0.1, 0.15) is 11.1 Å². The van der Waals surface area contributed by atoms with Gasteiger partial charge in [-0.05, 0) is 54.1 Å². The number of pyridine rings is 1. The van der Waals surface area contributed by atoms with Gasteiger partial charge in [0, 0.05) is 10.3 Å². The summed E-state index contributed by atoms with van der Waals surface area (Å²) >= 11 is 0.717. The van der Waals surface area contributed by atoms with Crippen molar-refractivity contribution in [2.45, 2.75) is 22.5 Å². The van der Waals surface area contributed by atoms with Gasteiger partial charge in [-0.3, -0.25) is 4.79 Å². The molecule has 0 amide bonds. The molecule has 0 bridgehead atoms. The van der Waals surface area contributed by atoms with Crippen molar-refractivity contribution in [1.29, 1.82) is 0 Å². The van der Waals surface area contributed by atoms with Gasteiger partial charge in [-0.25, -0.2) is 4.79 Å². The minimum Gasteiger partial charge on any atom is -0.505 e. The van der Waals surface area contributed by atoms with Crippen molar-refractivity contribution in [2.75, 3.05) is 7.11 Å². The number of alkyl halides is 3. The highest BCUT2D eigenvalue weighted by molar-refractivity contribution is 7.99. The van der Waals surface area contributed by atoms with E-state index in [-0.39, 0.29) is 27.3 Å². The van der Waals surface area contributed by atoms with Gasteiger partial charge in [0.15, 0.2) is 11.3 Å². The molecule has 0 fully saturated rings. The van der Waals surface area contributed by atoms with Crippen molar-refractivity contribution >= 4 is 33.6 Å². The Hall–Kier alpha value is -4.18. The molecule has 0 saturated heterocycles. The third-order valence-corrected chi connectivity index (χ3v) is 6.93. The molecule has 6 nitrogen and oxygen atoms in total. The van der Waals surface area contributed by atoms with E-state index in [2.05, 4.69) is 0 Å². The summed E-state index contributed by atoms with van der Waals surface area (Å²) in [6, 6.07) is 18.1. The molecule has 0 aliphatic rings. The molecule has 10 heteroatoms. The summed E-state index contributed by atoms with van der Waals surface area (Å²) in [5, 5.41) is 11.3. The lowest BCUT2D eigenvalue weighted by Crippen LogP contribution is -2.22. The molecule has 0 aliphatic carbocycles. The fraction of sp³-hybridized carbons (Fsp3) is 0.111. The predicted molar refractivity (Wildman–Crippen MR) is 134 cm³/mol. The number of aromatic hydroxyl groups is 1. The summed E-state index contributed by atoms with van der Waals surface area (Å²) in [6.07, 6.45) is -4.51. The third-order valence-electron chi connectivity index (χ3n) is 5.86. The van der Waals surface area contributed by atoms with Gasteiger partial charge in [0.1, 0.15) is 16.0 Å². The first kappa shape index (κ1) is 24.5. The average molecular weight is 526 g/mol. The Morgan fingerprint density at radius 3 is 2.30 bits per heavy atom. The third kappa shape index (κ3) is 4.55. The predicted octanol–water partition coefficient (Wildman–Crippen LogP) is 6.04. The number of para-hydroxylation sites is 1. The molecule has 0 spiro atoms. The van der Waals surface area contributed by atoms with E-state index in [0.717, 1.165) is 29.5 Å². The molecule has 0 aliphatic heterocycles. The second-order valence-corrected chi connectivity index (χ2v) is 9.24. The number of aromatic nitrogens is 1. The van der Waals surface area contributed by atoms with Gasteiger partial charge in [0.25, 0.3) is 5.56 Å². The van der Waals surface area contributed by atoms with E-state index in [1.807, 2.05) is 0 Å². The Morgan fingerprint density at radius 1 is 0.973 bits per heavy atom. The second-order valence-electron chi connectivity index (χ2n) is 8.15. The highest BCUT2D eigenvalue weighted by Gasteiger charge is 2.30. The lowest BCUT2D eigenvalue weighted by Gasteiger charge is -2.14. The molecule has 0 atom stereocenters. The van der Waals surface area contributed by atoms with Gasteiger partial charge in [-0.15, -0.1) is 0 Å². The van der Waals surface area contributed by atoms with Crippen LogP contribution >= 0.6 is 11.8 Å². The summed E-state index contributed by atoms with van der Waals surface area (Å²) < 4.78 is 50.8. The number of ether oxygens (including phenoxy) is 1. The van der Waals surface area contributed by atoms with Gasteiger partial charge in [-0.2, -0.15) is 13.2 Å². The smallest absolute Gasteiger partial charge is 0.416 e. The van der Waals surface area contributed by atoms with Gasteiger partial charge < -0.3 is 18.8 Å². The normalized spacial score (nSPS) is 11.8. The maximum Gasteiger partial charge on any atom is 0.416 e. The second kappa shape index (κ2) is 9.36. The van der Waals surface area contributed by atoms with Gasteiger partial charge in [-0.1, -0.05) is 36.0 Å².